The number of ketones is 1. The zero-order chi connectivity index (χ0) is 15.0. The summed E-state index contributed by atoms with van der Waals surface area (Å²) in [7, 11) is 0. The van der Waals surface area contributed by atoms with Crippen molar-refractivity contribution in [2.45, 2.75) is 25.7 Å². The van der Waals surface area contributed by atoms with Crippen LogP contribution in [0.2, 0.25) is 0 Å². The fraction of sp³-hybridized carbons (Fsp3) is 0.444. The van der Waals surface area contributed by atoms with Gasteiger partial charge in [-0.05, 0) is 30.9 Å². The SMILES string of the molecule is CCN1CC[C@H]2[C@H](C)C(=O)C=C[C@]2(c2ccccc2)C1=O. The van der Waals surface area contributed by atoms with Crippen molar-refractivity contribution < 1.29 is 9.59 Å². The van der Waals surface area contributed by atoms with Crippen LogP contribution in [0.1, 0.15) is 25.8 Å². The smallest absolute Gasteiger partial charge is 0.237 e. The van der Waals surface area contributed by atoms with E-state index in [4.69, 9.17) is 0 Å². The van der Waals surface area contributed by atoms with E-state index in [0.717, 1.165) is 25.1 Å². The molecular weight excluding hydrogens is 262 g/mol. The second-order valence-electron chi connectivity index (χ2n) is 6.04. The summed E-state index contributed by atoms with van der Waals surface area (Å²) in [5.41, 5.74) is 0.344. The van der Waals surface area contributed by atoms with Crippen molar-refractivity contribution in [1.82, 2.24) is 4.90 Å². The number of hydrogen-bond donors (Lipinski definition) is 0. The highest BCUT2D eigenvalue weighted by atomic mass is 16.2. The number of amides is 1. The second-order valence-corrected chi connectivity index (χ2v) is 6.04. The van der Waals surface area contributed by atoms with E-state index < -0.39 is 5.41 Å². The molecule has 1 heterocycles. The van der Waals surface area contributed by atoms with E-state index in [1.165, 1.54) is 0 Å². The molecule has 21 heavy (non-hydrogen) atoms. The first kappa shape index (κ1) is 14.1. The van der Waals surface area contributed by atoms with Crippen molar-refractivity contribution in [3.63, 3.8) is 0 Å². The van der Waals surface area contributed by atoms with Crippen LogP contribution in [0.25, 0.3) is 0 Å². The monoisotopic (exact) mass is 283 g/mol. The zero-order valence-corrected chi connectivity index (χ0v) is 12.6. The maximum Gasteiger partial charge on any atom is 0.237 e. The highest BCUT2D eigenvalue weighted by Crippen LogP contribution is 2.47. The Balaban J connectivity index is 2.19. The molecule has 3 nitrogen and oxygen atoms in total. The molecule has 1 amide bonds. The Labute approximate surface area is 125 Å². The summed E-state index contributed by atoms with van der Waals surface area (Å²) in [5, 5.41) is 0. The third-order valence-corrected chi connectivity index (χ3v) is 5.13. The fourth-order valence-electron chi connectivity index (χ4n) is 3.90. The summed E-state index contributed by atoms with van der Waals surface area (Å²) < 4.78 is 0. The van der Waals surface area contributed by atoms with Gasteiger partial charge in [-0.1, -0.05) is 43.3 Å². The van der Waals surface area contributed by atoms with Crippen LogP contribution in [0.5, 0.6) is 0 Å². The predicted molar refractivity (Wildman–Crippen MR) is 81.8 cm³/mol. The molecular formula is C18H21NO2. The van der Waals surface area contributed by atoms with Crippen LogP contribution in [0.15, 0.2) is 42.5 Å². The second kappa shape index (κ2) is 5.14. The quantitative estimate of drug-likeness (QED) is 0.836. The molecule has 0 radical (unpaired) electrons. The largest absolute Gasteiger partial charge is 0.342 e. The molecule has 0 unspecified atom stereocenters. The van der Waals surface area contributed by atoms with Crippen LogP contribution in [-0.4, -0.2) is 29.7 Å². The van der Waals surface area contributed by atoms with Gasteiger partial charge in [-0.3, -0.25) is 9.59 Å². The van der Waals surface area contributed by atoms with Gasteiger partial charge in [0.2, 0.25) is 5.91 Å². The van der Waals surface area contributed by atoms with Crippen molar-refractivity contribution in [2.75, 3.05) is 13.1 Å². The van der Waals surface area contributed by atoms with Crippen LogP contribution in [0.3, 0.4) is 0 Å². The Bertz CT molecular complexity index is 592. The fourth-order valence-corrected chi connectivity index (χ4v) is 3.90. The molecule has 1 saturated heterocycles. The molecule has 1 aliphatic carbocycles. The molecule has 3 heteroatoms. The number of nitrogens with zero attached hydrogens (tertiary/aromatic N) is 1. The van der Waals surface area contributed by atoms with Gasteiger partial charge in [-0.25, -0.2) is 0 Å². The van der Waals surface area contributed by atoms with Gasteiger partial charge >= 0.3 is 0 Å². The number of carbonyl (C=O) groups is 2. The molecule has 2 aliphatic rings. The topological polar surface area (TPSA) is 37.4 Å². The Hall–Kier alpha value is -1.90. The van der Waals surface area contributed by atoms with Gasteiger partial charge in [0, 0.05) is 19.0 Å². The first-order valence-corrected chi connectivity index (χ1v) is 7.69. The molecule has 0 aromatic heterocycles. The minimum absolute atomic E-state index is 0.0627. The van der Waals surface area contributed by atoms with Gasteiger partial charge in [0.15, 0.2) is 5.78 Å². The summed E-state index contributed by atoms with van der Waals surface area (Å²) in [6, 6.07) is 9.91. The number of likely N-dealkylation sites (tertiary alicyclic amines) is 1. The van der Waals surface area contributed by atoms with Gasteiger partial charge < -0.3 is 4.90 Å². The third kappa shape index (κ3) is 1.95. The van der Waals surface area contributed by atoms with Crippen LogP contribution >= 0.6 is 0 Å². The van der Waals surface area contributed by atoms with Crippen LogP contribution < -0.4 is 0 Å². The maximum absolute atomic E-state index is 13.1. The molecule has 3 atom stereocenters. The highest BCUT2D eigenvalue weighted by molar-refractivity contribution is 6.00. The van der Waals surface area contributed by atoms with Gasteiger partial charge in [0.05, 0.1) is 5.41 Å². The molecule has 110 valence electrons. The lowest BCUT2D eigenvalue weighted by Gasteiger charge is -2.49. The van der Waals surface area contributed by atoms with Crippen LogP contribution in [0, 0.1) is 11.8 Å². The molecule has 0 spiro atoms. The molecule has 0 N–H and O–H groups in total. The summed E-state index contributed by atoms with van der Waals surface area (Å²) in [4.78, 5) is 27.1. The average Bonchev–Trinajstić information content (AvgIpc) is 2.52. The molecule has 1 aliphatic heterocycles. The van der Waals surface area contributed by atoms with E-state index in [2.05, 4.69) is 0 Å². The van der Waals surface area contributed by atoms with Crippen molar-refractivity contribution >= 4 is 11.7 Å². The Morgan fingerprint density at radius 1 is 1.24 bits per heavy atom. The average molecular weight is 283 g/mol. The van der Waals surface area contributed by atoms with E-state index in [0.29, 0.717) is 0 Å². The van der Waals surface area contributed by atoms with Crippen molar-refractivity contribution in [3.8, 4) is 0 Å². The summed E-state index contributed by atoms with van der Waals surface area (Å²) >= 11 is 0. The first-order chi connectivity index (χ1) is 10.1. The number of hydrogen-bond acceptors (Lipinski definition) is 2. The lowest BCUT2D eigenvalue weighted by atomic mass is 9.58. The Morgan fingerprint density at radius 2 is 1.95 bits per heavy atom. The Morgan fingerprint density at radius 3 is 2.62 bits per heavy atom. The number of allylic oxidation sites excluding steroid dienone is 1. The van der Waals surface area contributed by atoms with E-state index in [9.17, 15) is 9.59 Å². The highest BCUT2D eigenvalue weighted by Gasteiger charge is 2.54. The van der Waals surface area contributed by atoms with E-state index in [-0.39, 0.29) is 23.5 Å². The molecule has 0 bridgehead atoms. The minimum atomic E-state index is -0.664. The lowest BCUT2D eigenvalue weighted by molar-refractivity contribution is -0.144. The lowest BCUT2D eigenvalue weighted by Crippen LogP contribution is -2.58. The van der Waals surface area contributed by atoms with Gasteiger partial charge in [-0.15, -0.1) is 0 Å². The standard InChI is InChI=1S/C18H21NO2/c1-3-19-12-10-15-13(2)16(20)9-11-18(15,17(19)21)14-7-5-4-6-8-14/h4-9,11,13,15H,3,10,12H2,1-2H3/t13-,15-,18+/m0/s1. The molecule has 1 aromatic rings. The number of likely N-dealkylation sites (N-methyl/N-ethyl adjacent to an activating group) is 1. The summed E-state index contributed by atoms with van der Waals surface area (Å²) in [6.07, 6.45) is 4.36. The normalized spacial score (nSPS) is 32.2. The number of fused-ring (bicyclic) bond motifs is 1. The third-order valence-electron chi connectivity index (χ3n) is 5.13. The maximum atomic E-state index is 13.1. The zero-order valence-electron chi connectivity index (χ0n) is 12.6. The number of piperidine rings is 1. The van der Waals surface area contributed by atoms with Crippen LogP contribution in [0.4, 0.5) is 0 Å². The van der Waals surface area contributed by atoms with E-state index >= 15 is 0 Å². The minimum Gasteiger partial charge on any atom is -0.342 e. The number of benzene rings is 1. The van der Waals surface area contributed by atoms with E-state index in [1.807, 2.05) is 55.2 Å². The molecule has 1 fully saturated rings. The van der Waals surface area contributed by atoms with Crippen molar-refractivity contribution in [3.05, 3.63) is 48.0 Å². The van der Waals surface area contributed by atoms with Gasteiger partial charge in [-0.2, -0.15) is 0 Å². The van der Waals surface area contributed by atoms with Crippen molar-refractivity contribution in [2.24, 2.45) is 11.8 Å². The number of carbonyl (C=O) groups excluding carboxylic acids is 2. The molecule has 0 saturated carbocycles. The predicted octanol–water partition coefficient (Wildman–Crippen LogP) is 2.57. The summed E-state index contributed by atoms with van der Waals surface area (Å²) in [6.45, 7) is 5.44. The van der Waals surface area contributed by atoms with E-state index in [1.54, 1.807) is 6.08 Å². The first-order valence-electron chi connectivity index (χ1n) is 7.69. The number of rotatable bonds is 2. The van der Waals surface area contributed by atoms with Gasteiger partial charge in [0.1, 0.15) is 0 Å². The van der Waals surface area contributed by atoms with Crippen LogP contribution in [-0.2, 0) is 15.0 Å². The molecule has 1 aromatic carbocycles. The Kier molecular flexibility index (Phi) is 3.44. The summed E-state index contributed by atoms with van der Waals surface area (Å²) in [5.74, 6) is 0.248. The van der Waals surface area contributed by atoms with Crippen molar-refractivity contribution in [1.29, 1.82) is 0 Å². The van der Waals surface area contributed by atoms with Gasteiger partial charge in [0.25, 0.3) is 0 Å². The molecule has 3 rings (SSSR count).